The number of halogens is 4. The first-order valence-corrected chi connectivity index (χ1v) is 14.1. The summed E-state index contributed by atoms with van der Waals surface area (Å²) in [7, 11) is 0. The number of nitrogens with two attached hydrogens (primary N) is 1. The summed E-state index contributed by atoms with van der Waals surface area (Å²) < 4.78 is 46.8. The Balaban J connectivity index is 1.67. The Labute approximate surface area is 247 Å². The number of hydrogen-bond acceptors (Lipinski definition) is 6. The highest BCUT2D eigenvalue weighted by Crippen LogP contribution is 2.36. The molecule has 3 aromatic rings. The molecule has 3 N–H and O–H groups in total. The van der Waals surface area contributed by atoms with E-state index in [-0.39, 0.29) is 43.2 Å². The van der Waals surface area contributed by atoms with E-state index in [1.165, 1.54) is 11.0 Å². The van der Waals surface area contributed by atoms with Gasteiger partial charge in [-0.1, -0.05) is 24.6 Å². The maximum atomic E-state index is 13.7. The predicted molar refractivity (Wildman–Crippen MR) is 156 cm³/mol. The van der Waals surface area contributed by atoms with E-state index >= 15 is 0 Å². The predicted octanol–water partition coefficient (Wildman–Crippen LogP) is 5.25. The molecule has 2 heterocycles. The summed E-state index contributed by atoms with van der Waals surface area (Å²) >= 11 is 5.81. The molecule has 12 heteroatoms. The third kappa shape index (κ3) is 6.79. The van der Waals surface area contributed by atoms with Gasteiger partial charge in [0.25, 0.3) is 11.8 Å². The van der Waals surface area contributed by atoms with Gasteiger partial charge >= 0.3 is 6.18 Å². The molecule has 224 valence electrons. The lowest BCUT2D eigenvalue weighted by Crippen LogP contribution is -2.55. The number of carbonyl (C=O) groups is 2. The zero-order valence-corrected chi connectivity index (χ0v) is 24.1. The van der Waals surface area contributed by atoms with E-state index in [2.05, 4.69) is 10.3 Å². The molecule has 1 aliphatic heterocycles. The molecule has 4 rings (SSSR count). The number of nitrogens with one attached hydrogen (secondary N) is 1. The summed E-state index contributed by atoms with van der Waals surface area (Å²) in [6, 6.07) is 12.1. The number of aromatic nitrogens is 1. The van der Waals surface area contributed by atoms with Gasteiger partial charge in [0.05, 0.1) is 23.3 Å². The molecule has 1 aromatic heterocycles. The van der Waals surface area contributed by atoms with Crippen LogP contribution in [-0.4, -0.2) is 67.1 Å². The first kappa shape index (κ1) is 31.1. The zero-order valence-electron chi connectivity index (χ0n) is 23.4. The molecule has 1 fully saturated rings. The van der Waals surface area contributed by atoms with E-state index in [1.54, 1.807) is 18.3 Å². The Morgan fingerprint density at radius 3 is 2.60 bits per heavy atom. The minimum Gasteiger partial charge on any atom is -0.478 e. The number of ether oxygens (including phenoxy) is 1. The fraction of sp³-hybridized carbons (Fsp3) is 0.367. The van der Waals surface area contributed by atoms with Crippen LogP contribution in [0.1, 0.15) is 46.5 Å². The van der Waals surface area contributed by atoms with Gasteiger partial charge in [-0.25, -0.2) is 4.98 Å². The van der Waals surface area contributed by atoms with Crippen LogP contribution in [0.4, 0.5) is 18.9 Å². The number of nitrogens with zero attached hydrogens (tertiary/aromatic N) is 3. The van der Waals surface area contributed by atoms with Gasteiger partial charge in [-0.3, -0.25) is 9.59 Å². The number of anilines is 1. The van der Waals surface area contributed by atoms with E-state index in [4.69, 9.17) is 22.1 Å². The Morgan fingerprint density at radius 1 is 1.12 bits per heavy atom. The lowest BCUT2D eigenvalue weighted by atomic mass is 9.98. The zero-order chi connectivity index (χ0) is 30.4. The molecule has 1 saturated heterocycles. The molecular weight excluding hydrogens is 571 g/mol. The molecule has 1 atom stereocenters. The first-order chi connectivity index (χ1) is 20.1. The number of benzene rings is 2. The minimum absolute atomic E-state index is 0.0984. The second kappa shape index (κ2) is 13.4. The van der Waals surface area contributed by atoms with Crippen molar-refractivity contribution in [3.8, 4) is 17.0 Å². The van der Waals surface area contributed by atoms with Crippen molar-refractivity contribution in [2.45, 2.75) is 32.5 Å². The molecule has 2 amide bonds. The summed E-state index contributed by atoms with van der Waals surface area (Å²) in [5.41, 5.74) is 6.64. The van der Waals surface area contributed by atoms with Crippen molar-refractivity contribution in [1.29, 1.82) is 0 Å². The van der Waals surface area contributed by atoms with Crippen LogP contribution in [0.3, 0.4) is 0 Å². The SMILES string of the molecule is CCOc1ncccc1-c1ccc(N2CCN(C(=O)c3ccc(Cl)cc3C(F)(F)F)C[C@H]2CC)c(C(=O)NCCN)c1. The van der Waals surface area contributed by atoms with Gasteiger partial charge in [0.15, 0.2) is 0 Å². The maximum Gasteiger partial charge on any atom is 0.417 e. The van der Waals surface area contributed by atoms with Crippen LogP contribution in [0.15, 0.2) is 54.7 Å². The third-order valence-corrected chi connectivity index (χ3v) is 7.34. The van der Waals surface area contributed by atoms with Crippen molar-refractivity contribution in [3.63, 3.8) is 0 Å². The first-order valence-electron chi connectivity index (χ1n) is 13.7. The Morgan fingerprint density at radius 2 is 1.90 bits per heavy atom. The van der Waals surface area contributed by atoms with Crippen LogP contribution < -0.4 is 20.7 Å². The number of pyridine rings is 1. The monoisotopic (exact) mass is 603 g/mol. The molecular formula is C30H33ClF3N5O3. The maximum absolute atomic E-state index is 13.7. The quantitative estimate of drug-likeness (QED) is 0.347. The van der Waals surface area contributed by atoms with Gasteiger partial charge in [-0.2, -0.15) is 13.2 Å². The lowest BCUT2D eigenvalue weighted by Gasteiger charge is -2.43. The average molecular weight is 604 g/mol. The molecule has 0 radical (unpaired) electrons. The highest BCUT2D eigenvalue weighted by molar-refractivity contribution is 6.30. The van der Waals surface area contributed by atoms with E-state index in [0.717, 1.165) is 23.3 Å². The van der Waals surface area contributed by atoms with Crippen LogP contribution >= 0.6 is 11.6 Å². The van der Waals surface area contributed by atoms with Crippen LogP contribution in [0.2, 0.25) is 5.02 Å². The van der Waals surface area contributed by atoms with E-state index < -0.39 is 23.2 Å². The fourth-order valence-electron chi connectivity index (χ4n) is 5.09. The second-order valence-electron chi connectivity index (χ2n) is 9.76. The number of amides is 2. The van der Waals surface area contributed by atoms with Gasteiger partial charge in [0.2, 0.25) is 5.88 Å². The van der Waals surface area contributed by atoms with Crippen LogP contribution in [0, 0.1) is 0 Å². The van der Waals surface area contributed by atoms with Gasteiger partial charge < -0.3 is 25.6 Å². The largest absolute Gasteiger partial charge is 0.478 e. The third-order valence-electron chi connectivity index (χ3n) is 7.10. The standard InChI is InChI=1S/C30H33ClF3N5O3/c1-3-21-18-38(29(41)23-9-8-20(31)17-25(23)30(32,33)34)14-15-39(21)26-10-7-19(16-24(26)27(40)36-13-11-35)22-6-5-12-37-28(22)42-4-2/h5-10,12,16-17,21H,3-4,11,13-15,18,35H2,1-2H3,(H,36,40)/t21-/m1/s1. The van der Waals surface area contributed by atoms with Crippen LogP contribution in [0.25, 0.3) is 11.1 Å². The summed E-state index contributed by atoms with van der Waals surface area (Å²) in [4.78, 5) is 34.5. The number of rotatable bonds is 9. The number of piperazine rings is 1. The number of carbonyl (C=O) groups excluding carboxylic acids is 2. The van der Waals surface area contributed by atoms with Crippen molar-refractivity contribution in [2.24, 2.45) is 5.73 Å². The van der Waals surface area contributed by atoms with Gasteiger partial charge in [0, 0.05) is 61.2 Å². The topological polar surface area (TPSA) is 101 Å². The molecule has 0 spiro atoms. The van der Waals surface area contributed by atoms with Crippen LogP contribution in [-0.2, 0) is 6.18 Å². The van der Waals surface area contributed by atoms with Gasteiger partial charge in [-0.15, -0.1) is 0 Å². The lowest BCUT2D eigenvalue weighted by molar-refractivity contribution is -0.138. The van der Waals surface area contributed by atoms with Crippen molar-refractivity contribution in [3.05, 3.63) is 76.4 Å². The molecule has 0 aliphatic carbocycles. The van der Waals surface area contributed by atoms with Gasteiger partial charge in [-0.05, 0) is 61.4 Å². The van der Waals surface area contributed by atoms with Crippen LogP contribution in [0.5, 0.6) is 5.88 Å². The summed E-state index contributed by atoms with van der Waals surface area (Å²) in [6.45, 7) is 5.42. The minimum atomic E-state index is -4.73. The van der Waals surface area contributed by atoms with E-state index in [0.29, 0.717) is 36.7 Å². The number of hydrogen-bond donors (Lipinski definition) is 2. The molecule has 2 aromatic carbocycles. The molecule has 8 nitrogen and oxygen atoms in total. The summed E-state index contributed by atoms with van der Waals surface area (Å²) in [6.07, 6.45) is -2.52. The van der Waals surface area contributed by atoms with E-state index in [9.17, 15) is 22.8 Å². The molecule has 42 heavy (non-hydrogen) atoms. The fourth-order valence-corrected chi connectivity index (χ4v) is 5.27. The van der Waals surface area contributed by atoms with Crippen molar-refractivity contribution < 1.29 is 27.5 Å². The van der Waals surface area contributed by atoms with Crippen molar-refractivity contribution in [1.82, 2.24) is 15.2 Å². The second-order valence-corrected chi connectivity index (χ2v) is 10.2. The number of alkyl halides is 3. The van der Waals surface area contributed by atoms with Crippen molar-refractivity contribution >= 4 is 29.1 Å². The summed E-state index contributed by atoms with van der Waals surface area (Å²) in [5.74, 6) is -0.586. The molecule has 1 aliphatic rings. The Hall–Kier alpha value is -3.83. The highest BCUT2D eigenvalue weighted by Gasteiger charge is 2.38. The highest BCUT2D eigenvalue weighted by atomic mass is 35.5. The Bertz CT molecular complexity index is 1440. The molecule has 0 bridgehead atoms. The molecule has 0 saturated carbocycles. The smallest absolute Gasteiger partial charge is 0.417 e. The van der Waals surface area contributed by atoms with E-state index in [1.807, 2.05) is 36.9 Å². The Kier molecular flexibility index (Phi) is 9.95. The average Bonchev–Trinajstić information content (AvgIpc) is 2.99. The normalized spacial score (nSPS) is 15.5. The van der Waals surface area contributed by atoms with Gasteiger partial charge in [0.1, 0.15) is 0 Å². The summed E-state index contributed by atoms with van der Waals surface area (Å²) in [5, 5.41) is 2.74. The molecule has 0 unspecified atom stereocenters. The van der Waals surface area contributed by atoms with Crippen molar-refractivity contribution in [2.75, 3.05) is 44.2 Å².